The first-order valence-corrected chi connectivity index (χ1v) is 6.84. The zero-order chi connectivity index (χ0) is 15.1. The van der Waals surface area contributed by atoms with E-state index in [9.17, 15) is 4.79 Å². The summed E-state index contributed by atoms with van der Waals surface area (Å²) in [7, 11) is 1.39. The molecule has 0 aliphatic heterocycles. The Kier molecular flexibility index (Phi) is 6.15. The number of nitrogen functional groups attached to an aromatic ring is 1. The zero-order valence-corrected chi connectivity index (χ0v) is 12.6. The Balaban J connectivity index is 2.89. The highest BCUT2D eigenvalue weighted by Crippen LogP contribution is 2.24. The van der Waals surface area contributed by atoms with Crippen LogP contribution in [-0.2, 0) is 9.53 Å². The highest BCUT2D eigenvalue weighted by atomic mass is 16.5. The van der Waals surface area contributed by atoms with Crippen LogP contribution in [0.25, 0.3) is 0 Å². The maximum atomic E-state index is 11.8. The van der Waals surface area contributed by atoms with Gasteiger partial charge in [-0.25, -0.2) is 4.79 Å². The summed E-state index contributed by atoms with van der Waals surface area (Å²) in [5.41, 5.74) is 7.18. The van der Waals surface area contributed by atoms with Gasteiger partial charge in [0, 0.05) is 23.5 Å². The van der Waals surface area contributed by atoms with Crippen molar-refractivity contribution in [2.45, 2.75) is 33.2 Å². The number of ether oxygens (including phenoxy) is 2. The Labute approximate surface area is 120 Å². The Morgan fingerprint density at radius 1 is 1.35 bits per heavy atom. The molecule has 0 radical (unpaired) electrons. The van der Waals surface area contributed by atoms with Crippen LogP contribution in [0.15, 0.2) is 18.2 Å². The fourth-order valence-corrected chi connectivity index (χ4v) is 1.98. The SMILES string of the molecule is CCOc1cc(N)cc(NC(CC(C)C)C(=O)OC)c1. The van der Waals surface area contributed by atoms with Crippen molar-refractivity contribution in [2.75, 3.05) is 24.8 Å². The van der Waals surface area contributed by atoms with E-state index in [1.54, 1.807) is 12.1 Å². The smallest absolute Gasteiger partial charge is 0.328 e. The summed E-state index contributed by atoms with van der Waals surface area (Å²) in [6.45, 7) is 6.59. The van der Waals surface area contributed by atoms with Crippen molar-refractivity contribution in [2.24, 2.45) is 5.92 Å². The minimum Gasteiger partial charge on any atom is -0.494 e. The quantitative estimate of drug-likeness (QED) is 0.593. The Morgan fingerprint density at radius 3 is 2.60 bits per heavy atom. The number of hydrogen-bond acceptors (Lipinski definition) is 5. The van der Waals surface area contributed by atoms with Gasteiger partial charge in [-0.1, -0.05) is 13.8 Å². The molecule has 1 aromatic rings. The molecule has 112 valence electrons. The molecule has 5 heteroatoms. The van der Waals surface area contributed by atoms with Crippen LogP contribution in [0.1, 0.15) is 27.2 Å². The number of esters is 1. The second-order valence-corrected chi connectivity index (χ2v) is 5.07. The van der Waals surface area contributed by atoms with Crippen LogP contribution in [-0.4, -0.2) is 25.7 Å². The lowest BCUT2D eigenvalue weighted by molar-refractivity contribution is -0.141. The molecule has 1 atom stereocenters. The van der Waals surface area contributed by atoms with E-state index in [0.29, 0.717) is 30.4 Å². The molecule has 1 unspecified atom stereocenters. The molecule has 0 aliphatic rings. The first-order valence-electron chi connectivity index (χ1n) is 6.84. The predicted octanol–water partition coefficient (Wildman–Crippen LogP) is 2.67. The second kappa shape index (κ2) is 7.62. The summed E-state index contributed by atoms with van der Waals surface area (Å²) < 4.78 is 10.3. The second-order valence-electron chi connectivity index (χ2n) is 5.07. The molecule has 0 saturated heterocycles. The van der Waals surface area contributed by atoms with Gasteiger partial charge in [-0.05, 0) is 25.3 Å². The molecule has 0 fully saturated rings. The number of rotatable bonds is 7. The number of methoxy groups -OCH3 is 1. The largest absolute Gasteiger partial charge is 0.494 e. The van der Waals surface area contributed by atoms with Gasteiger partial charge in [0.1, 0.15) is 11.8 Å². The molecule has 3 N–H and O–H groups in total. The minimum atomic E-state index is -0.392. The highest BCUT2D eigenvalue weighted by molar-refractivity contribution is 5.79. The average Bonchev–Trinajstić information content (AvgIpc) is 2.36. The van der Waals surface area contributed by atoms with Gasteiger partial charge >= 0.3 is 5.97 Å². The molecule has 0 saturated carbocycles. The van der Waals surface area contributed by atoms with Crippen LogP contribution in [0.3, 0.4) is 0 Å². The van der Waals surface area contributed by atoms with E-state index in [1.807, 2.05) is 13.0 Å². The zero-order valence-electron chi connectivity index (χ0n) is 12.6. The molecule has 0 aliphatic carbocycles. The van der Waals surface area contributed by atoms with E-state index < -0.39 is 6.04 Å². The third-order valence-electron chi connectivity index (χ3n) is 2.77. The lowest BCUT2D eigenvalue weighted by Gasteiger charge is -2.20. The van der Waals surface area contributed by atoms with Gasteiger partial charge in [-0.2, -0.15) is 0 Å². The third kappa shape index (κ3) is 4.99. The van der Waals surface area contributed by atoms with Crippen molar-refractivity contribution in [3.8, 4) is 5.75 Å². The lowest BCUT2D eigenvalue weighted by Crippen LogP contribution is -2.32. The van der Waals surface area contributed by atoms with Gasteiger partial charge in [-0.15, -0.1) is 0 Å². The number of hydrogen-bond donors (Lipinski definition) is 2. The van der Waals surface area contributed by atoms with Gasteiger partial charge in [0.15, 0.2) is 0 Å². The van der Waals surface area contributed by atoms with Crippen molar-refractivity contribution >= 4 is 17.3 Å². The number of carbonyl (C=O) groups is 1. The molecular formula is C15H24N2O3. The Morgan fingerprint density at radius 2 is 2.05 bits per heavy atom. The summed E-state index contributed by atoms with van der Waals surface area (Å²) in [4.78, 5) is 11.8. The fraction of sp³-hybridized carbons (Fsp3) is 0.533. The lowest BCUT2D eigenvalue weighted by atomic mass is 10.0. The highest BCUT2D eigenvalue weighted by Gasteiger charge is 2.20. The first-order chi connectivity index (χ1) is 9.46. The maximum absolute atomic E-state index is 11.8. The number of nitrogens with one attached hydrogen (secondary N) is 1. The molecule has 0 aromatic heterocycles. The maximum Gasteiger partial charge on any atom is 0.328 e. The first kappa shape index (κ1) is 16.1. The third-order valence-corrected chi connectivity index (χ3v) is 2.77. The van der Waals surface area contributed by atoms with Crippen molar-refractivity contribution < 1.29 is 14.3 Å². The van der Waals surface area contributed by atoms with Crippen LogP contribution in [0.2, 0.25) is 0 Å². The van der Waals surface area contributed by atoms with Gasteiger partial charge in [-0.3, -0.25) is 0 Å². The monoisotopic (exact) mass is 280 g/mol. The Hall–Kier alpha value is -1.91. The van der Waals surface area contributed by atoms with Gasteiger partial charge in [0.2, 0.25) is 0 Å². The number of anilines is 2. The van der Waals surface area contributed by atoms with Crippen LogP contribution in [0.4, 0.5) is 11.4 Å². The fourth-order valence-electron chi connectivity index (χ4n) is 1.98. The predicted molar refractivity (Wildman–Crippen MR) is 80.9 cm³/mol. The molecule has 20 heavy (non-hydrogen) atoms. The average molecular weight is 280 g/mol. The van der Waals surface area contributed by atoms with E-state index in [-0.39, 0.29) is 5.97 Å². The molecule has 0 heterocycles. The molecule has 0 spiro atoms. The van der Waals surface area contributed by atoms with Crippen LogP contribution >= 0.6 is 0 Å². The molecule has 1 aromatic carbocycles. The summed E-state index contributed by atoms with van der Waals surface area (Å²) in [5.74, 6) is 0.779. The van der Waals surface area contributed by atoms with Crippen LogP contribution in [0, 0.1) is 5.92 Å². The molecule has 1 rings (SSSR count). The summed E-state index contributed by atoms with van der Waals surface area (Å²) >= 11 is 0. The normalized spacial score (nSPS) is 12.1. The molecular weight excluding hydrogens is 256 g/mol. The van der Waals surface area contributed by atoms with E-state index in [1.165, 1.54) is 7.11 Å². The molecule has 0 amide bonds. The van der Waals surface area contributed by atoms with Crippen molar-refractivity contribution in [1.29, 1.82) is 0 Å². The van der Waals surface area contributed by atoms with E-state index in [0.717, 1.165) is 5.69 Å². The summed E-state index contributed by atoms with van der Waals surface area (Å²) in [5, 5.41) is 3.17. The summed E-state index contributed by atoms with van der Waals surface area (Å²) in [6, 6.07) is 4.97. The van der Waals surface area contributed by atoms with Crippen molar-refractivity contribution in [1.82, 2.24) is 0 Å². The van der Waals surface area contributed by atoms with Gasteiger partial charge < -0.3 is 20.5 Å². The van der Waals surface area contributed by atoms with Crippen LogP contribution < -0.4 is 15.8 Å². The molecule has 5 nitrogen and oxygen atoms in total. The van der Waals surface area contributed by atoms with E-state index in [4.69, 9.17) is 15.2 Å². The van der Waals surface area contributed by atoms with E-state index in [2.05, 4.69) is 19.2 Å². The van der Waals surface area contributed by atoms with Gasteiger partial charge in [0.05, 0.1) is 13.7 Å². The number of carbonyl (C=O) groups excluding carboxylic acids is 1. The molecule has 0 bridgehead atoms. The number of nitrogens with two attached hydrogens (primary N) is 1. The topological polar surface area (TPSA) is 73.6 Å². The van der Waals surface area contributed by atoms with Crippen LogP contribution in [0.5, 0.6) is 5.75 Å². The Bertz CT molecular complexity index is 447. The summed E-state index contributed by atoms with van der Waals surface area (Å²) in [6.07, 6.45) is 0.686. The van der Waals surface area contributed by atoms with Crippen molar-refractivity contribution in [3.63, 3.8) is 0 Å². The standard InChI is InChI=1S/C15H24N2O3/c1-5-20-13-8-11(16)7-12(9-13)17-14(6-10(2)3)15(18)19-4/h7-10,14,17H,5-6,16H2,1-4H3. The van der Waals surface area contributed by atoms with Gasteiger partial charge in [0.25, 0.3) is 0 Å². The van der Waals surface area contributed by atoms with Crippen molar-refractivity contribution in [3.05, 3.63) is 18.2 Å². The van der Waals surface area contributed by atoms with E-state index >= 15 is 0 Å². The number of benzene rings is 1. The minimum absolute atomic E-state index is 0.279.